The fourth-order valence-electron chi connectivity index (χ4n) is 4.27. The normalized spacial score (nSPS) is 10.1. The van der Waals surface area contributed by atoms with Crippen molar-refractivity contribution in [2.45, 2.75) is 68.7 Å². The van der Waals surface area contributed by atoms with Crippen LogP contribution in [0, 0.1) is 20.8 Å². The fourth-order valence-corrected chi connectivity index (χ4v) is 4.27. The zero-order valence-corrected chi connectivity index (χ0v) is 21.1. The third-order valence-corrected chi connectivity index (χ3v) is 5.80. The van der Waals surface area contributed by atoms with E-state index in [4.69, 9.17) is 0 Å². The molecule has 0 fully saturated rings. The topological polar surface area (TPSA) is 35.6 Å². The van der Waals surface area contributed by atoms with E-state index in [0.29, 0.717) is 0 Å². The molecule has 0 saturated carbocycles. The zero-order chi connectivity index (χ0) is 24.0. The first-order valence-corrected chi connectivity index (χ1v) is 11.5. The van der Waals surface area contributed by atoms with Crippen LogP contribution in [0.1, 0.15) is 63.2 Å². The van der Waals surface area contributed by atoms with E-state index >= 15 is 0 Å². The maximum atomic E-state index is 4.57. The van der Waals surface area contributed by atoms with Crippen molar-refractivity contribution in [3.05, 3.63) is 77.8 Å². The SMILES string of the molecule is C.C=C.CC.CCc1cc(C)c(-c2nnc(C)n2-c2ccc3c(c2)c(C)cn3C)cc1CC. The van der Waals surface area contributed by atoms with Gasteiger partial charge in [0.25, 0.3) is 0 Å². The molecule has 0 unspecified atom stereocenters. The summed E-state index contributed by atoms with van der Waals surface area (Å²) in [6.45, 7) is 20.8. The Labute approximate surface area is 201 Å². The van der Waals surface area contributed by atoms with Gasteiger partial charge in [-0.15, -0.1) is 23.4 Å². The fraction of sp³-hybridized carbons (Fsp3) is 0.379. The molecule has 4 heteroatoms. The van der Waals surface area contributed by atoms with Crippen LogP contribution in [0.2, 0.25) is 0 Å². The molecular weight excluding hydrogens is 404 g/mol. The third-order valence-electron chi connectivity index (χ3n) is 5.80. The average Bonchev–Trinajstić information content (AvgIpc) is 3.34. The van der Waals surface area contributed by atoms with Crippen LogP contribution in [0.25, 0.3) is 28.0 Å². The van der Waals surface area contributed by atoms with Gasteiger partial charge in [0.15, 0.2) is 5.82 Å². The molecule has 0 amide bonds. The van der Waals surface area contributed by atoms with Crippen molar-refractivity contribution < 1.29 is 0 Å². The molecule has 0 aliphatic carbocycles. The van der Waals surface area contributed by atoms with E-state index in [9.17, 15) is 0 Å². The Bertz CT molecular complexity index is 1190. The highest BCUT2D eigenvalue weighted by atomic mass is 15.3. The van der Waals surface area contributed by atoms with Crippen LogP contribution in [-0.4, -0.2) is 19.3 Å². The highest BCUT2D eigenvalue weighted by Crippen LogP contribution is 2.31. The minimum atomic E-state index is 0. The van der Waals surface area contributed by atoms with Gasteiger partial charge >= 0.3 is 0 Å². The highest BCUT2D eigenvalue weighted by molar-refractivity contribution is 5.86. The molecule has 4 aromatic rings. The van der Waals surface area contributed by atoms with Crippen LogP contribution in [0.15, 0.2) is 49.7 Å². The van der Waals surface area contributed by atoms with Crippen LogP contribution >= 0.6 is 0 Å². The van der Waals surface area contributed by atoms with Gasteiger partial charge in [-0.3, -0.25) is 4.57 Å². The molecule has 4 rings (SSSR count). The molecule has 33 heavy (non-hydrogen) atoms. The van der Waals surface area contributed by atoms with Crippen molar-refractivity contribution in [1.29, 1.82) is 0 Å². The number of fused-ring (bicyclic) bond motifs is 1. The van der Waals surface area contributed by atoms with Gasteiger partial charge in [-0.2, -0.15) is 0 Å². The largest absolute Gasteiger partial charge is 0.350 e. The number of aryl methyl sites for hydroxylation is 6. The molecule has 0 bridgehead atoms. The van der Waals surface area contributed by atoms with E-state index < -0.39 is 0 Å². The van der Waals surface area contributed by atoms with E-state index in [1.165, 1.54) is 38.7 Å². The number of benzene rings is 2. The lowest BCUT2D eigenvalue weighted by Crippen LogP contribution is -2.03. The Morgan fingerprint density at radius 2 is 1.45 bits per heavy atom. The van der Waals surface area contributed by atoms with E-state index in [1.807, 2.05) is 20.8 Å². The summed E-state index contributed by atoms with van der Waals surface area (Å²) < 4.78 is 4.36. The maximum absolute atomic E-state index is 4.57. The first-order valence-electron chi connectivity index (χ1n) is 11.5. The van der Waals surface area contributed by atoms with Crippen LogP contribution < -0.4 is 0 Å². The third kappa shape index (κ3) is 5.27. The minimum absolute atomic E-state index is 0. The first kappa shape index (κ1) is 27.9. The molecular formula is C29H42N4. The van der Waals surface area contributed by atoms with E-state index in [-0.39, 0.29) is 7.43 Å². The monoisotopic (exact) mass is 446 g/mol. The Balaban J connectivity index is 0.00000103. The van der Waals surface area contributed by atoms with Gasteiger partial charge in [0.1, 0.15) is 5.82 Å². The second kappa shape index (κ2) is 12.2. The molecule has 0 atom stereocenters. The van der Waals surface area contributed by atoms with Crippen molar-refractivity contribution in [2.75, 3.05) is 0 Å². The number of hydrogen-bond acceptors (Lipinski definition) is 2. The van der Waals surface area contributed by atoms with Crippen LogP contribution in [0.5, 0.6) is 0 Å². The summed E-state index contributed by atoms with van der Waals surface area (Å²) in [7, 11) is 2.09. The molecule has 2 heterocycles. The predicted octanol–water partition coefficient (Wildman–Crippen LogP) is 7.94. The predicted molar refractivity (Wildman–Crippen MR) is 146 cm³/mol. The Morgan fingerprint density at radius 3 is 2.06 bits per heavy atom. The molecule has 4 nitrogen and oxygen atoms in total. The average molecular weight is 447 g/mol. The molecule has 0 aliphatic heterocycles. The van der Waals surface area contributed by atoms with E-state index in [1.54, 1.807) is 0 Å². The zero-order valence-electron chi connectivity index (χ0n) is 21.1. The summed E-state index contributed by atoms with van der Waals surface area (Å²) in [4.78, 5) is 0. The van der Waals surface area contributed by atoms with Gasteiger partial charge in [-0.05, 0) is 80.1 Å². The lowest BCUT2D eigenvalue weighted by atomic mass is 9.95. The van der Waals surface area contributed by atoms with Gasteiger partial charge in [0, 0.05) is 35.4 Å². The summed E-state index contributed by atoms with van der Waals surface area (Å²) in [5.41, 5.74) is 8.86. The first-order chi connectivity index (χ1) is 15.4. The molecule has 0 N–H and O–H groups in total. The number of nitrogens with zero attached hydrogens (tertiary/aromatic N) is 4. The standard InChI is InChI=1S/C24H28N4.C2H6.C2H4.CH4/c1-7-18-11-15(3)22(12-19(18)8-2)24-26-25-17(5)28(24)20-9-10-23-21(13-20)16(4)14-27(23)6;2*1-2;/h9-14H,7-8H2,1-6H3;1-2H3;1-2H2;1H4. The highest BCUT2D eigenvalue weighted by Gasteiger charge is 2.17. The molecule has 178 valence electrons. The molecule has 0 spiro atoms. The van der Waals surface area contributed by atoms with Gasteiger partial charge < -0.3 is 4.57 Å². The smallest absolute Gasteiger partial charge is 0.168 e. The molecule has 0 saturated heterocycles. The number of aromatic nitrogens is 4. The van der Waals surface area contributed by atoms with Crippen molar-refractivity contribution >= 4 is 10.9 Å². The van der Waals surface area contributed by atoms with Gasteiger partial charge in [0.05, 0.1) is 0 Å². The van der Waals surface area contributed by atoms with Gasteiger partial charge in [-0.1, -0.05) is 41.2 Å². The molecule has 0 radical (unpaired) electrons. The number of rotatable bonds is 4. The summed E-state index contributed by atoms with van der Waals surface area (Å²) in [6, 6.07) is 11.2. The summed E-state index contributed by atoms with van der Waals surface area (Å²) in [6.07, 6.45) is 4.26. The second-order valence-electron chi connectivity index (χ2n) is 7.67. The van der Waals surface area contributed by atoms with Crippen LogP contribution in [0.3, 0.4) is 0 Å². The van der Waals surface area contributed by atoms with E-state index in [0.717, 1.165) is 30.2 Å². The van der Waals surface area contributed by atoms with Crippen molar-refractivity contribution in [2.24, 2.45) is 7.05 Å². The van der Waals surface area contributed by atoms with Crippen molar-refractivity contribution in [3.63, 3.8) is 0 Å². The summed E-state index contributed by atoms with van der Waals surface area (Å²) in [5.74, 6) is 1.82. The van der Waals surface area contributed by atoms with Gasteiger partial charge in [0.2, 0.25) is 0 Å². The second-order valence-corrected chi connectivity index (χ2v) is 7.67. The number of hydrogen-bond donors (Lipinski definition) is 0. The molecule has 2 aromatic carbocycles. The Kier molecular flexibility index (Phi) is 10.3. The van der Waals surface area contributed by atoms with Crippen molar-refractivity contribution in [1.82, 2.24) is 19.3 Å². The molecule has 2 aromatic heterocycles. The van der Waals surface area contributed by atoms with Crippen molar-refractivity contribution in [3.8, 4) is 17.1 Å². The van der Waals surface area contributed by atoms with Gasteiger partial charge in [-0.25, -0.2) is 0 Å². The van der Waals surface area contributed by atoms with Crippen LogP contribution in [0.4, 0.5) is 0 Å². The summed E-state index contributed by atoms with van der Waals surface area (Å²) >= 11 is 0. The lowest BCUT2D eigenvalue weighted by Gasteiger charge is -2.15. The van der Waals surface area contributed by atoms with Crippen LogP contribution in [-0.2, 0) is 19.9 Å². The Hall–Kier alpha value is -3.14. The van der Waals surface area contributed by atoms with E-state index in [2.05, 4.69) is 104 Å². The lowest BCUT2D eigenvalue weighted by molar-refractivity contribution is 0.959. The summed E-state index contributed by atoms with van der Waals surface area (Å²) in [5, 5.41) is 10.3. The maximum Gasteiger partial charge on any atom is 0.168 e. The quantitative estimate of drug-likeness (QED) is 0.298. The Morgan fingerprint density at radius 1 is 0.848 bits per heavy atom. The molecule has 0 aliphatic rings. The minimum Gasteiger partial charge on any atom is -0.350 e.